The zero-order valence-corrected chi connectivity index (χ0v) is 21.8. The van der Waals surface area contributed by atoms with E-state index in [0.717, 1.165) is 29.7 Å². The molecule has 0 unspecified atom stereocenters. The highest BCUT2D eigenvalue weighted by Crippen LogP contribution is 2.33. The number of sulfonamides is 1. The van der Waals surface area contributed by atoms with E-state index in [2.05, 4.69) is 16.3 Å². The molecule has 5 rings (SSSR count). The molecule has 0 bridgehead atoms. The Morgan fingerprint density at radius 3 is 2.32 bits per heavy atom. The Morgan fingerprint density at radius 2 is 1.79 bits per heavy atom. The third-order valence-electron chi connectivity index (χ3n) is 5.62. The van der Waals surface area contributed by atoms with Crippen LogP contribution in [0.1, 0.15) is 18.4 Å². The molecule has 1 saturated carbocycles. The van der Waals surface area contributed by atoms with E-state index in [1.54, 1.807) is 30.3 Å². The lowest BCUT2D eigenvalue weighted by Crippen LogP contribution is -2.49. The molecule has 202 valence electrons. The highest BCUT2D eigenvalue weighted by atomic mass is 35.5. The van der Waals surface area contributed by atoms with Crippen molar-refractivity contribution in [1.82, 2.24) is 14.3 Å². The van der Waals surface area contributed by atoms with Crippen molar-refractivity contribution in [3.63, 3.8) is 0 Å². The van der Waals surface area contributed by atoms with Gasteiger partial charge in [0.25, 0.3) is 10.0 Å². The van der Waals surface area contributed by atoms with Crippen LogP contribution in [0.25, 0.3) is 11.0 Å². The maximum absolute atomic E-state index is 12.9. The van der Waals surface area contributed by atoms with E-state index >= 15 is 0 Å². The first-order valence-corrected chi connectivity index (χ1v) is 13.8. The van der Waals surface area contributed by atoms with E-state index in [-0.39, 0.29) is 4.21 Å². The molecule has 10 nitrogen and oxygen atoms in total. The Hall–Kier alpha value is -3.19. The van der Waals surface area contributed by atoms with E-state index in [4.69, 9.17) is 31.5 Å². The largest absolute Gasteiger partial charge is 0.490 e. The summed E-state index contributed by atoms with van der Waals surface area (Å²) in [5.41, 5.74) is 1.90. The van der Waals surface area contributed by atoms with Crippen LogP contribution in [0.15, 0.2) is 34.5 Å². The van der Waals surface area contributed by atoms with Crippen molar-refractivity contribution >= 4 is 61.6 Å². The third-order valence-corrected chi connectivity index (χ3v) is 9.21. The van der Waals surface area contributed by atoms with Crippen molar-refractivity contribution in [2.75, 3.05) is 36.4 Å². The summed E-state index contributed by atoms with van der Waals surface area (Å²) in [5.74, 6) is -1.35. The average Bonchev–Trinajstić information content (AvgIpc) is 3.58. The molecule has 0 spiro atoms. The first-order chi connectivity index (χ1) is 17.9. The monoisotopic (exact) mass is 588 g/mol. The standard InChI is InChI=1S/C20H19ClN6O2S2.C2HF3O2/c21-17-5-6-18(30-17)31(28,29)27-9-7-26(8-10-27)20-19(23-14-2-3-14)24-15-4-1-13(12-22)11-16(15)25-20;3-2(4,5)1(6)7/h1,4-6,11,14H,2-3,7-10H2,(H,23,24);(H,6,7). The fourth-order valence-corrected chi connectivity index (χ4v) is 6.62. The van der Waals surface area contributed by atoms with Crippen molar-refractivity contribution in [1.29, 1.82) is 5.26 Å². The predicted molar refractivity (Wildman–Crippen MR) is 135 cm³/mol. The topological polar surface area (TPSA) is 140 Å². The molecule has 1 saturated heterocycles. The van der Waals surface area contributed by atoms with Gasteiger partial charge in [-0.2, -0.15) is 22.7 Å². The summed E-state index contributed by atoms with van der Waals surface area (Å²) < 4.78 is 59.7. The molecule has 2 fully saturated rings. The lowest BCUT2D eigenvalue weighted by atomic mass is 10.2. The molecule has 0 radical (unpaired) electrons. The van der Waals surface area contributed by atoms with Gasteiger partial charge >= 0.3 is 12.1 Å². The van der Waals surface area contributed by atoms with Gasteiger partial charge in [0.15, 0.2) is 11.6 Å². The second-order valence-corrected chi connectivity index (χ2v) is 12.3. The summed E-state index contributed by atoms with van der Waals surface area (Å²) in [6, 6.07) is 11.0. The summed E-state index contributed by atoms with van der Waals surface area (Å²) in [7, 11) is -3.56. The number of thiophene rings is 1. The number of aromatic nitrogens is 2. The number of fused-ring (bicyclic) bond motifs is 1. The number of halogens is 4. The van der Waals surface area contributed by atoms with Crippen LogP contribution >= 0.6 is 22.9 Å². The first-order valence-electron chi connectivity index (χ1n) is 11.2. The first kappa shape index (κ1) is 27.8. The van der Waals surface area contributed by atoms with Gasteiger partial charge in [-0.25, -0.2) is 23.2 Å². The number of nitriles is 1. The number of piperazine rings is 1. The van der Waals surface area contributed by atoms with Crippen molar-refractivity contribution in [3.8, 4) is 6.07 Å². The molecule has 2 N–H and O–H groups in total. The number of rotatable bonds is 5. The molecule has 2 aromatic heterocycles. The molecule has 38 heavy (non-hydrogen) atoms. The summed E-state index contributed by atoms with van der Waals surface area (Å²) in [6.07, 6.45) is -2.89. The normalized spacial score (nSPS) is 16.4. The zero-order valence-electron chi connectivity index (χ0n) is 19.4. The number of carboxylic acids is 1. The van der Waals surface area contributed by atoms with Crippen LogP contribution in [-0.2, 0) is 14.8 Å². The van der Waals surface area contributed by atoms with Crippen molar-refractivity contribution in [3.05, 3.63) is 40.2 Å². The number of carboxylic acid groups (broad SMARTS) is 1. The Balaban J connectivity index is 0.000000426. The molecule has 0 amide bonds. The van der Waals surface area contributed by atoms with Gasteiger partial charge in [-0.1, -0.05) is 11.6 Å². The van der Waals surface area contributed by atoms with Crippen LogP contribution in [0.4, 0.5) is 24.8 Å². The minimum Gasteiger partial charge on any atom is -0.475 e. The number of nitrogens with zero attached hydrogens (tertiary/aromatic N) is 5. The minimum absolute atomic E-state index is 0.261. The summed E-state index contributed by atoms with van der Waals surface area (Å²) in [6.45, 7) is 1.68. The van der Waals surface area contributed by atoms with Crippen LogP contribution in [0.5, 0.6) is 0 Å². The summed E-state index contributed by atoms with van der Waals surface area (Å²) >= 11 is 7.00. The molecule has 2 aliphatic rings. The maximum Gasteiger partial charge on any atom is 0.490 e. The quantitative estimate of drug-likeness (QED) is 0.453. The third kappa shape index (κ3) is 6.44. The Bertz CT molecular complexity index is 1500. The van der Waals surface area contributed by atoms with Crippen LogP contribution in [0.3, 0.4) is 0 Å². The molecule has 1 aliphatic heterocycles. The molecule has 3 heterocycles. The smallest absolute Gasteiger partial charge is 0.475 e. The van der Waals surface area contributed by atoms with Gasteiger partial charge in [0.2, 0.25) is 0 Å². The molecule has 0 atom stereocenters. The Labute approximate surface area is 224 Å². The number of benzene rings is 1. The molecular weight excluding hydrogens is 569 g/mol. The highest BCUT2D eigenvalue weighted by Gasteiger charge is 2.38. The van der Waals surface area contributed by atoms with Crippen LogP contribution in [0, 0.1) is 11.3 Å². The summed E-state index contributed by atoms with van der Waals surface area (Å²) in [4.78, 5) is 20.5. The van der Waals surface area contributed by atoms with Gasteiger partial charge in [0, 0.05) is 32.2 Å². The Morgan fingerprint density at radius 1 is 1.13 bits per heavy atom. The van der Waals surface area contributed by atoms with Crippen molar-refractivity contribution < 1.29 is 31.5 Å². The SMILES string of the molecule is N#Cc1ccc2nc(NC3CC3)c(N3CCN(S(=O)(=O)c4ccc(Cl)s4)CC3)nc2c1.O=C(O)C(F)(F)F. The molecular formula is C22H20ClF3N6O4S2. The predicted octanol–water partition coefficient (Wildman–Crippen LogP) is 3.93. The van der Waals surface area contributed by atoms with E-state index in [9.17, 15) is 26.9 Å². The van der Waals surface area contributed by atoms with Crippen LogP contribution < -0.4 is 10.2 Å². The number of carbonyl (C=O) groups is 1. The van der Waals surface area contributed by atoms with Gasteiger partial charge in [-0.15, -0.1) is 11.3 Å². The van der Waals surface area contributed by atoms with E-state index in [0.29, 0.717) is 59.3 Å². The number of anilines is 2. The second-order valence-electron chi connectivity index (χ2n) is 8.38. The average molecular weight is 589 g/mol. The van der Waals surface area contributed by atoms with E-state index < -0.39 is 22.2 Å². The number of nitrogens with one attached hydrogen (secondary N) is 1. The number of alkyl halides is 3. The van der Waals surface area contributed by atoms with Gasteiger partial charge in [0.1, 0.15) is 4.21 Å². The lowest BCUT2D eigenvalue weighted by Gasteiger charge is -2.35. The molecule has 16 heteroatoms. The maximum atomic E-state index is 12.9. The number of hydrogen-bond donors (Lipinski definition) is 2. The summed E-state index contributed by atoms with van der Waals surface area (Å²) in [5, 5.41) is 19.8. The molecule has 3 aromatic rings. The fourth-order valence-electron chi connectivity index (χ4n) is 3.56. The molecule has 1 aliphatic carbocycles. The van der Waals surface area contributed by atoms with Gasteiger partial charge in [0.05, 0.1) is 27.0 Å². The zero-order chi connectivity index (χ0) is 27.7. The van der Waals surface area contributed by atoms with Crippen LogP contribution in [0.2, 0.25) is 4.34 Å². The minimum atomic E-state index is -5.08. The highest BCUT2D eigenvalue weighted by molar-refractivity contribution is 7.91. The van der Waals surface area contributed by atoms with Crippen molar-refractivity contribution in [2.45, 2.75) is 29.3 Å². The lowest BCUT2D eigenvalue weighted by molar-refractivity contribution is -0.192. The van der Waals surface area contributed by atoms with E-state index in [1.807, 2.05) is 0 Å². The second kappa shape index (κ2) is 10.9. The number of hydrogen-bond acceptors (Lipinski definition) is 9. The molecule has 1 aromatic carbocycles. The Kier molecular flexibility index (Phi) is 7.98. The van der Waals surface area contributed by atoms with Gasteiger partial charge in [-0.05, 0) is 43.2 Å². The van der Waals surface area contributed by atoms with Crippen molar-refractivity contribution in [2.24, 2.45) is 0 Å². The van der Waals surface area contributed by atoms with Gasteiger partial charge < -0.3 is 15.3 Å². The van der Waals surface area contributed by atoms with Crippen LogP contribution in [-0.4, -0.2) is 72.2 Å². The number of aliphatic carboxylic acids is 1. The van der Waals surface area contributed by atoms with E-state index in [1.165, 1.54) is 4.31 Å². The van der Waals surface area contributed by atoms with Gasteiger partial charge in [-0.3, -0.25) is 0 Å². The fraction of sp³-hybridized carbons (Fsp3) is 0.364.